The average Bonchev–Trinajstić information content (AvgIpc) is 0. The summed E-state index contributed by atoms with van der Waals surface area (Å²) >= 11 is 0. The van der Waals surface area contributed by atoms with E-state index in [0.717, 1.165) is 0 Å². The summed E-state index contributed by atoms with van der Waals surface area (Å²) in [6, 6.07) is 0. The molecule has 0 aromatic rings. The predicted molar refractivity (Wildman–Crippen MR) is 93.7 cm³/mol. The molecule has 0 heterocycles. The Balaban J connectivity index is 0. The summed E-state index contributed by atoms with van der Waals surface area (Å²) in [5.41, 5.74) is 0. The summed E-state index contributed by atoms with van der Waals surface area (Å²) in [4.78, 5) is 0. The second-order valence-electron chi connectivity index (χ2n) is 0. The van der Waals surface area contributed by atoms with Crippen LogP contribution >= 0.6 is 99.3 Å². The number of hydrogen-bond donors (Lipinski definition) is 0. The monoisotopic (exact) mass is 408 g/mol. The van der Waals surface area contributed by atoms with Gasteiger partial charge in [0.1, 0.15) is 0 Å². The Morgan fingerprint density at radius 1 is 0.154 bits per heavy atom. The van der Waals surface area contributed by atoms with E-state index in [1.165, 1.54) is 0 Å². The standard InChI is InChI=1S/8ClH.5Na.5H/h8*1H;;;;;;;;;;. The Morgan fingerprint density at radius 3 is 0.154 bits per heavy atom. The van der Waals surface area contributed by atoms with E-state index in [-0.39, 0.29) is 247 Å². The molecular weight excluding hydrogens is 399 g/mol. The van der Waals surface area contributed by atoms with Gasteiger partial charge in [-0.05, 0) is 0 Å². The van der Waals surface area contributed by atoms with Crippen LogP contribution in [-0.2, 0) is 0 Å². The normalized spacial score (nSPS) is 0. The van der Waals surface area contributed by atoms with Crippen molar-refractivity contribution in [2.45, 2.75) is 0 Å². The van der Waals surface area contributed by atoms with Crippen molar-refractivity contribution >= 4 is 247 Å². The van der Waals surface area contributed by atoms with E-state index in [1.54, 1.807) is 0 Å². The van der Waals surface area contributed by atoms with E-state index in [2.05, 4.69) is 0 Å². The first kappa shape index (κ1) is 142. The van der Waals surface area contributed by atoms with Crippen molar-refractivity contribution in [2.24, 2.45) is 0 Å². The van der Waals surface area contributed by atoms with Crippen LogP contribution in [0.1, 0.15) is 0 Å². The second-order valence-corrected chi connectivity index (χ2v) is 0. The molecule has 0 aromatic carbocycles. The molecule has 0 fully saturated rings. The number of halogens is 8. The minimum absolute atomic E-state index is 0. The van der Waals surface area contributed by atoms with E-state index in [1.807, 2.05) is 0 Å². The van der Waals surface area contributed by atoms with Gasteiger partial charge in [0.05, 0.1) is 0 Å². The quantitative estimate of drug-likeness (QED) is 0.497. The van der Waals surface area contributed by atoms with E-state index in [9.17, 15) is 0 Å². The summed E-state index contributed by atoms with van der Waals surface area (Å²) in [7, 11) is 0. The van der Waals surface area contributed by atoms with E-state index in [4.69, 9.17) is 0 Å². The zero-order chi connectivity index (χ0) is 0. The molecule has 0 spiro atoms. The van der Waals surface area contributed by atoms with Crippen LogP contribution in [-0.4, -0.2) is 148 Å². The zero-order valence-electron chi connectivity index (χ0n) is 3.27. The Labute approximate surface area is 241 Å². The first-order valence-corrected chi connectivity index (χ1v) is 0. The summed E-state index contributed by atoms with van der Waals surface area (Å²) in [6.45, 7) is 0. The van der Waals surface area contributed by atoms with E-state index >= 15 is 0 Å². The molecule has 0 atom stereocenters. The molecule has 74 valence electrons. The van der Waals surface area contributed by atoms with Gasteiger partial charge in [0.25, 0.3) is 0 Å². The van der Waals surface area contributed by atoms with Crippen molar-refractivity contribution < 1.29 is 0 Å². The second kappa shape index (κ2) is 121. The van der Waals surface area contributed by atoms with Crippen molar-refractivity contribution in [3.63, 3.8) is 0 Å². The van der Waals surface area contributed by atoms with E-state index < -0.39 is 0 Å². The fourth-order valence-corrected chi connectivity index (χ4v) is 0. The summed E-state index contributed by atoms with van der Waals surface area (Å²) in [5.74, 6) is 0. The fourth-order valence-electron chi connectivity index (χ4n) is 0. The van der Waals surface area contributed by atoms with Crippen LogP contribution in [0.25, 0.3) is 0 Å². The molecule has 0 bridgehead atoms. The van der Waals surface area contributed by atoms with Crippen molar-refractivity contribution in [3.05, 3.63) is 0 Å². The van der Waals surface area contributed by atoms with Crippen molar-refractivity contribution in [1.29, 1.82) is 0 Å². The third kappa shape index (κ3) is 108. The molecule has 0 nitrogen and oxygen atoms in total. The molecule has 13 heavy (non-hydrogen) atoms. The van der Waals surface area contributed by atoms with Gasteiger partial charge in [0, 0.05) is 0 Å². The minimum atomic E-state index is 0. The van der Waals surface area contributed by atoms with Gasteiger partial charge >= 0.3 is 148 Å². The third-order valence-electron chi connectivity index (χ3n) is 0. The molecule has 0 rings (SSSR count). The molecule has 0 unspecified atom stereocenters. The van der Waals surface area contributed by atoms with Gasteiger partial charge < -0.3 is 0 Å². The van der Waals surface area contributed by atoms with Gasteiger partial charge in [-0.15, -0.1) is 99.3 Å². The molecule has 0 saturated heterocycles. The van der Waals surface area contributed by atoms with Crippen molar-refractivity contribution in [3.8, 4) is 0 Å². The molecule has 0 aromatic heterocycles. The van der Waals surface area contributed by atoms with Gasteiger partial charge in [-0.2, -0.15) is 0 Å². The molecule has 13 heteroatoms. The van der Waals surface area contributed by atoms with E-state index in [0.29, 0.717) is 0 Å². The van der Waals surface area contributed by atoms with Crippen LogP contribution in [0, 0.1) is 0 Å². The fraction of sp³-hybridized carbons (Fsp3) is 0. The first-order valence-electron chi connectivity index (χ1n) is 0. The molecular formula is H13Cl8Na5. The maximum atomic E-state index is 0. The molecule has 0 aliphatic carbocycles. The molecule has 0 saturated carbocycles. The predicted octanol–water partition coefficient (Wildman–Crippen LogP) is 0.132. The Kier molecular flexibility index (Phi) is 1320. The first-order chi connectivity index (χ1) is 0. The topological polar surface area (TPSA) is 0 Å². The molecule has 0 aliphatic heterocycles. The van der Waals surface area contributed by atoms with Gasteiger partial charge in [-0.25, -0.2) is 0 Å². The van der Waals surface area contributed by atoms with Gasteiger partial charge in [-0.1, -0.05) is 0 Å². The van der Waals surface area contributed by atoms with Gasteiger partial charge in [0.2, 0.25) is 0 Å². The molecule has 0 radical (unpaired) electrons. The van der Waals surface area contributed by atoms with Crippen molar-refractivity contribution in [1.82, 2.24) is 0 Å². The number of rotatable bonds is 0. The third-order valence-corrected chi connectivity index (χ3v) is 0. The van der Waals surface area contributed by atoms with Crippen LogP contribution in [0.3, 0.4) is 0 Å². The molecule has 0 aliphatic rings. The Morgan fingerprint density at radius 2 is 0.154 bits per heavy atom. The summed E-state index contributed by atoms with van der Waals surface area (Å²) < 4.78 is 0. The van der Waals surface area contributed by atoms with Crippen LogP contribution in [0.15, 0.2) is 0 Å². The molecule has 0 N–H and O–H groups in total. The average molecular weight is 412 g/mol. The zero-order valence-corrected chi connectivity index (χ0v) is 9.80. The van der Waals surface area contributed by atoms with Gasteiger partial charge in [-0.3, -0.25) is 0 Å². The van der Waals surface area contributed by atoms with Crippen LogP contribution in [0.4, 0.5) is 0 Å². The van der Waals surface area contributed by atoms with Crippen molar-refractivity contribution in [2.75, 3.05) is 0 Å². The number of hydrogen-bond acceptors (Lipinski definition) is 0. The van der Waals surface area contributed by atoms with Crippen LogP contribution in [0.5, 0.6) is 0 Å². The summed E-state index contributed by atoms with van der Waals surface area (Å²) in [6.07, 6.45) is 0. The van der Waals surface area contributed by atoms with Crippen LogP contribution < -0.4 is 0 Å². The Bertz CT molecular complexity index is 12.5. The van der Waals surface area contributed by atoms with Gasteiger partial charge in [0.15, 0.2) is 0 Å². The maximum absolute atomic E-state index is 0. The SMILES string of the molecule is Cl.Cl.Cl.Cl.Cl.Cl.Cl.Cl.[NaH].[NaH].[NaH].[NaH].[NaH]. The van der Waals surface area contributed by atoms with Crippen LogP contribution in [0.2, 0.25) is 0 Å². The Hall–Kier alpha value is 7.32. The molecule has 0 amide bonds. The summed E-state index contributed by atoms with van der Waals surface area (Å²) in [5, 5.41) is 0.